The molecule has 2 aromatic carbocycles. The predicted octanol–water partition coefficient (Wildman–Crippen LogP) is 5.98. The van der Waals surface area contributed by atoms with E-state index >= 15 is 0 Å². The number of benzene rings is 2. The lowest BCUT2D eigenvalue weighted by Gasteiger charge is -2.14. The van der Waals surface area contributed by atoms with Gasteiger partial charge in [-0.1, -0.05) is 48.5 Å². The quantitative estimate of drug-likeness (QED) is 0.367. The van der Waals surface area contributed by atoms with Gasteiger partial charge in [0.1, 0.15) is 16.8 Å². The Morgan fingerprint density at radius 3 is 2.40 bits per heavy atom. The molecule has 4 aromatic rings. The maximum atomic E-state index is 10.0. The van der Waals surface area contributed by atoms with Gasteiger partial charge in [-0.25, -0.2) is 4.98 Å². The number of hydrogen-bond acceptors (Lipinski definition) is 5. The maximum Gasteiger partial charge on any atom is 0.126 e. The van der Waals surface area contributed by atoms with E-state index in [1.807, 2.05) is 72.8 Å². The fraction of sp³-hybridized carbons (Fsp3) is 0.0800. The monoisotopic (exact) mass is 409 g/mol. The summed E-state index contributed by atoms with van der Waals surface area (Å²) in [5.41, 5.74) is 5.21. The van der Waals surface area contributed by atoms with Crippen LogP contribution in [0.3, 0.4) is 0 Å². The molecule has 0 aliphatic heterocycles. The molecule has 0 spiro atoms. The van der Waals surface area contributed by atoms with Crippen LogP contribution < -0.4 is 4.74 Å². The predicted molar refractivity (Wildman–Crippen MR) is 120 cm³/mol. The molecule has 0 amide bonds. The summed E-state index contributed by atoms with van der Waals surface area (Å²) in [6, 6.07) is 26.1. The molecule has 0 N–H and O–H groups in total. The maximum absolute atomic E-state index is 10.0. The zero-order chi connectivity index (χ0) is 20.8. The standard InChI is InChI=1S/C25H19N3OS/c1-29-24-10-6-5-9-20(24)21-15-23(19-7-3-2-4-8-19)28-25(22(21)16-26)30-17-18-11-13-27-14-12-18/h2-15H,17H2,1H3. The molecule has 0 aliphatic rings. The number of thioether (sulfide) groups is 1. The van der Waals surface area contributed by atoms with Crippen molar-refractivity contribution >= 4 is 11.8 Å². The van der Waals surface area contributed by atoms with Crippen molar-refractivity contribution in [1.82, 2.24) is 9.97 Å². The van der Waals surface area contributed by atoms with Crippen molar-refractivity contribution in [1.29, 1.82) is 5.26 Å². The molecule has 0 atom stereocenters. The normalized spacial score (nSPS) is 10.4. The second-order valence-electron chi connectivity index (χ2n) is 6.56. The Morgan fingerprint density at radius 1 is 0.933 bits per heavy atom. The van der Waals surface area contributed by atoms with E-state index in [4.69, 9.17) is 9.72 Å². The lowest BCUT2D eigenvalue weighted by molar-refractivity contribution is 0.416. The fourth-order valence-electron chi connectivity index (χ4n) is 3.20. The van der Waals surface area contributed by atoms with Crippen molar-refractivity contribution in [3.63, 3.8) is 0 Å². The topological polar surface area (TPSA) is 58.8 Å². The highest BCUT2D eigenvalue weighted by Gasteiger charge is 2.18. The molecule has 30 heavy (non-hydrogen) atoms. The number of rotatable bonds is 6. The van der Waals surface area contributed by atoms with Gasteiger partial charge in [0.2, 0.25) is 0 Å². The van der Waals surface area contributed by atoms with Gasteiger partial charge in [-0.15, -0.1) is 11.8 Å². The first-order valence-corrected chi connectivity index (χ1v) is 10.4. The van der Waals surface area contributed by atoms with Gasteiger partial charge in [-0.2, -0.15) is 5.26 Å². The van der Waals surface area contributed by atoms with E-state index < -0.39 is 0 Å². The van der Waals surface area contributed by atoms with E-state index in [-0.39, 0.29) is 0 Å². The molecule has 0 radical (unpaired) electrons. The van der Waals surface area contributed by atoms with Crippen LogP contribution in [0.25, 0.3) is 22.4 Å². The second-order valence-corrected chi connectivity index (χ2v) is 7.52. The molecule has 0 aliphatic carbocycles. The zero-order valence-corrected chi connectivity index (χ0v) is 17.3. The van der Waals surface area contributed by atoms with Gasteiger partial charge < -0.3 is 4.74 Å². The number of para-hydroxylation sites is 1. The van der Waals surface area contributed by atoms with E-state index in [0.29, 0.717) is 16.3 Å². The van der Waals surface area contributed by atoms with Gasteiger partial charge in [0, 0.05) is 34.8 Å². The minimum absolute atomic E-state index is 0.554. The lowest BCUT2D eigenvalue weighted by Crippen LogP contribution is -1.97. The summed E-state index contributed by atoms with van der Waals surface area (Å²) in [5.74, 6) is 1.43. The van der Waals surface area contributed by atoms with Crippen molar-refractivity contribution in [2.24, 2.45) is 0 Å². The summed E-state index contributed by atoms with van der Waals surface area (Å²) in [6.07, 6.45) is 3.55. The molecule has 146 valence electrons. The molecule has 0 saturated heterocycles. The average Bonchev–Trinajstić information content (AvgIpc) is 2.83. The van der Waals surface area contributed by atoms with Crippen molar-refractivity contribution < 1.29 is 4.74 Å². The van der Waals surface area contributed by atoms with Crippen LogP contribution in [0.15, 0.2) is 90.2 Å². The molecule has 4 nitrogen and oxygen atoms in total. The molecular weight excluding hydrogens is 390 g/mol. The molecule has 0 bridgehead atoms. The van der Waals surface area contributed by atoms with E-state index in [0.717, 1.165) is 33.7 Å². The van der Waals surface area contributed by atoms with Crippen LogP contribution in [-0.2, 0) is 5.75 Å². The molecule has 4 rings (SSSR count). The summed E-state index contributed by atoms with van der Waals surface area (Å²) in [5, 5.41) is 10.7. The third-order valence-corrected chi connectivity index (χ3v) is 5.74. The molecule has 0 unspecified atom stereocenters. The van der Waals surface area contributed by atoms with E-state index in [2.05, 4.69) is 11.1 Å². The third kappa shape index (κ3) is 4.19. The van der Waals surface area contributed by atoms with Gasteiger partial charge in [0.15, 0.2) is 0 Å². The molecule has 0 saturated carbocycles. The molecule has 5 heteroatoms. The molecule has 2 aromatic heterocycles. The van der Waals surface area contributed by atoms with Crippen molar-refractivity contribution in [3.8, 4) is 34.2 Å². The molecule has 2 heterocycles. The highest BCUT2D eigenvalue weighted by molar-refractivity contribution is 7.98. The van der Waals surface area contributed by atoms with E-state index in [1.54, 1.807) is 31.3 Å². The number of pyridine rings is 2. The second kappa shape index (κ2) is 9.25. The van der Waals surface area contributed by atoms with Crippen molar-refractivity contribution in [2.45, 2.75) is 10.8 Å². The number of aromatic nitrogens is 2. The number of nitrogens with zero attached hydrogens (tertiary/aromatic N) is 3. The van der Waals surface area contributed by atoms with Crippen LogP contribution in [0.1, 0.15) is 11.1 Å². The number of methoxy groups -OCH3 is 1. The van der Waals surface area contributed by atoms with Crippen LogP contribution in [0.2, 0.25) is 0 Å². The van der Waals surface area contributed by atoms with Gasteiger partial charge >= 0.3 is 0 Å². The molecular formula is C25H19N3OS. The summed E-state index contributed by atoms with van der Waals surface area (Å²) in [7, 11) is 1.64. The van der Waals surface area contributed by atoms with Crippen LogP contribution in [0.4, 0.5) is 0 Å². The Balaban J connectivity index is 1.87. The van der Waals surface area contributed by atoms with E-state index in [9.17, 15) is 5.26 Å². The number of ether oxygens (including phenoxy) is 1. The van der Waals surface area contributed by atoms with Crippen LogP contribution in [0.5, 0.6) is 5.75 Å². The fourth-order valence-corrected chi connectivity index (χ4v) is 4.16. The van der Waals surface area contributed by atoms with Gasteiger partial charge in [0.05, 0.1) is 18.4 Å². The highest BCUT2D eigenvalue weighted by atomic mass is 32.2. The van der Waals surface area contributed by atoms with Crippen molar-refractivity contribution in [3.05, 3.63) is 96.3 Å². The first-order valence-electron chi connectivity index (χ1n) is 9.46. The highest BCUT2D eigenvalue weighted by Crippen LogP contribution is 2.38. The Labute approximate surface area is 180 Å². The van der Waals surface area contributed by atoms with E-state index in [1.165, 1.54) is 0 Å². The summed E-state index contributed by atoms with van der Waals surface area (Å²) in [4.78, 5) is 8.92. The van der Waals surface area contributed by atoms with Gasteiger partial charge in [0.25, 0.3) is 0 Å². The largest absolute Gasteiger partial charge is 0.496 e. The first kappa shape index (κ1) is 19.7. The number of nitriles is 1. The Hall–Kier alpha value is -3.62. The smallest absolute Gasteiger partial charge is 0.126 e. The van der Waals surface area contributed by atoms with Gasteiger partial charge in [-0.3, -0.25) is 4.98 Å². The zero-order valence-electron chi connectivity index (χ0n) is 16.4. The number of hydrogen-bond donors (Lipinski definition) is 0. The van der Waals surface area contributed by atoms with Crippen LogP contribution in [-0.4, -0.2) is 17.1 Å². The van der Waals surface area contributed by atoms with Gasteiger partial charge in [-0.05, 0) is 29.8 Å². The Kier molecular flexibility index (Phi) is 6.07. The van der Waals surface area contributed by atoms with Crippen LogP contribution in [0, 0.1) is 11.3 Å². The van der Waals surface area contributed by atoms with Crippen molar-refractivity contribution in [2.75, 3.05) is 7.11 Å². The lowest BCUT2D eigenvalue weighted by atomic mass is 9.98. The Bertz CT molecular complexity index is 1190. The first-order chi connectivity index (χ1) is 14.8. The SMILES string of the molecule is COc1ccccc1-c1cc(-c2ccccc2)nc(SCc2ccncc2)c1C#N. The summed E-state index contributed by atoms with van der Waals surface area (Å²) < 4.78 is 5.57. The summed E-state index contributed by atoms with van der Waals surface area (Å²) in [6.45, 7) is 0. The minimum atomic E-state index is 0.554. The molecule has 0 fully saturated rings. The Morgan fingerprint density at radius 2 is 1.67 bits per heavy atom. The average molecular weight is 410 g/mol. The third-order valence-electron chi connectivity index (χ3n) is 4.69. The van der Waals surface area contributed by atoms with Crippen LogP contribution >= 0.6 is 11.8 Å². The summed E-state index contributed by atoms with van der Waals surface area (Å²) >= 11 is 1.55. The minimum Gasteiger partial charge on any atom is -0.496 e.